The summed E-state index contributed by atoms with van der Waals surface area (Å²) >= 11 is 1.82. The Balaban J connectivity index is 1.25. The van der Waals surface area contributed by atoms with Crippen molar-refractivity contribution in [3.05, 3.63) is 150 Å². The molecule has 0 fully saturated rings. The lowest BCUT2D eigenvalue weighted by Gasteiger charge is -2.32. The highest BCUT2D eigenvalue weighted by Crippen LogP contribution is 2.42. The van der Waals surface area contributed by atoms with Gasteiger partial charge in [-0.1, -0.05) is 97.1 Å². The first-order chi connectivity index (χ1) is 22.5. The molecule has 0 bridgehead atoms. The van der Waals surface area contributed by atoms with Gasteiger partial charge in [-0.25, -0.2) is 0 Å². The van der Waals surface area contributed by atoms with Crippen LogP contribution in [0.25, 0.3) is 42.4 Å². The van der Waals surface area contributed by atoms with Gasteiger partial charge in [0.2, 0.25) is 0 Å². The van der Waals surface area contributed by atoms with Crippen molar-refractivity contribution in [3.63, 3.8) is 0 Å². The Morgan fingerprint density at radius 1 is 0.870 bits per heavy atom. The lowest BCUT2D eigenvalue weighted by atomic mass is 9.88. The van der Waals surface area contributed by atoms with Gasteiger partial charge in [-0.05, 0) is 72.0 Å². The third-order valence-corrected chi connectivity index (χ3v) is 9.53. The Hall–Kier alpha value is -5.64. The predicted octanol–water partition coefficient (Wildman–Crippen LogP) is 10.9. The Labute approximate surface area is 272 Å². The fourth-order valence-electron chi connectivity index (χ4n) is 6.04. The highest BCUT2D eigenvalue weighted by atomic mass is 32.1. The van der Waals surface area contributed by atoms with E-state index in [-0.39, 0.29) is 5.84 Å². The number of hydrogen-bond acceptors (Lipinski definition) is 5. The number of hydrogen-bond donors (Lipinski definition) is 2. The second-order valence-electron chi connectivity index (χ2n) is 11.7. The number of rotatable bonds is 7. The molecule has 0 radical (unpaired) electrons. The topological polar surface area (TPSA) is 84.4 Å². The van der Waals surface area contributed by atoms with Gasteiger partial charge in [0.05, 0.1) is 23.7 Å². The molecule has 2 N–H and O–H groups in total. The van der Waals surface area contributed by atoms with E-state index in [4.69, 9.17) is 5.41 Å². The number of anilines is 1. The standard InChI is InChI=1S/C40H31N5S/c1-40(21-9-14-31(24-40)39(42)45-43-26-27-10-3-2-4-11-27)44-36-20-19-30(23-35(36)29-13-7-12-28(22-29)25-41)32-16-8-17-34-33-15-5-6-18-37(33)46-38(32)34/h2-20,22-24,42,44H,21,26H2,1H3/b42-39?,45-43-. The maximum atomic E-state index is 9.69. The second kappa shape index (κ2) is 12.4. The number of benzene rings is 5. The molecule has 1 aliphatic rings. The first-order valence-corrected chi connectivity index (χ1v) is 16.0. The maximum absolute atomic E-state index is 9.69. The number of nitriles is 1. The monoisotopic (exact) mass is 613 g/mol. The van der Waals surface area contributed by atoms with Crippen LogP contribution in [0.15, 0.2) is 149 Å². The van der Waals surface area contributed by atoms with Crippen LogP contribution in [-0.4, -0.2) is 11.4 Å². The molecular formula is C40H31N5S. The molecule has 222 valence electrons. The zero-order valence-electron chi connectivity index (χ0n) is 25.4. The Morgan fingerprint density at radius 3 is 2.52 bits per heavy atom. The van der Waals surface area contributed by atoms with Crippen LogP contribution in [0.1, 0.15) is 24.5 Å². The van der Waals surface area contributed by atoms with E-state index in [1.165, 1.54) is 25.7 Å². The fourth-order valence-corrected chi connectivity index (χ4v) is 7.28. The molecule has 7 rings (SSSR count). The van der Waals surface area contributed by atoms with E-state index in [0.717, 1.165) is 39.9 Å². The number of thiophene rings is 1. The molecule has 1 aromatic heterocycles. The molecule has 6 aromatic rings. The average molecular weight is 614 g/mol. The molecular weight excluding hydrogens is 583 g/mol. The van der Waals surface area contributed by atoms with E-state index < -0.39 is 5.54 Å². The lowest BCUT2D eigenvalue weighted by Crippen LogP contribution is -2.34. The molecule has 1 heterocycles. The van der Waals surface area contributed by atoms with Gasteiger partial charge in [0.25, 0.3) is 0 Å². The van der Waals surface area contributed by atoms with Gasteiger partial charge in [0, 0.05) is 37.0 Å². The summed E-state index contributed by atoms with van der Waals surface area (Å²) in [5, 5.41) is 33.1. The van der Waals surface area contributed by atoms with Crippen molar-refractivity contribution in [2.45, 2.75) is 25.4 Å². The molecule has 5 aromatic carbocycles. The molecule has 0 saturated heterocycles. The highest BCUT2D eigenvalue weighted by molar-refractivity contribution is 7.26. The van der Waals surface area contributed by atoms with E-state index in [1.54, 1.807) is 0 Å². The van der Waals surface area contributed by atoms with Crippen molar-refractivity contribution >= 4 is 43.0 Å². The van der Waals surface area contributed by atoms with Crippen LogP contribution >= 0.6 is 11.3 Å². The maximum Gasteiger partial charge on any atom is 0.173 e. The van der Waals surface area contributed by atoms with Crippen LogP contribution in [0.5, 0.6) is 0 Å². The van der Waals surface area contributed by atoms with Gasteiger partial charge in [-0.15, -0.1) is 16.5 Å². The SMILES string of the molecule is CC1(Nc2ccc(-c3cccc4c3sc3ccccc34)cc2-c2cccc(C#N)c2)C=C(C(=N)/N=N\Cc2ccccc2)C=CC1. The molecule has 5 nitrogen and oxygen atoms in total. The average Bonchev–Trinajstić information content (AvgIpc) is 3.48. The summed E-state index contributed by atoms with van der Waals surface area (Å²) in [5.74, 6) is 0.133. The van der Waals surface area contributed by atoms with Crippen LogP contribution in [0.4, 0.5) is 5.69 Å². The van der Waals surface area contributed by atoms with Crippen molar-refractivity contribution in [2.24, 2.45) is 10.2 Å². The van der Waals surface area contributed by atoms with E-state index in [9.17, 15) is 5.26 Å². The van der Waals surface area contributed by atoms with Crippen LogP contribution in [0, 0.1) is 16.7 Å². The van der Waals surface area contributed by atoms with Crippen LogP contribution in [0.2, 0.25) is 0 Å². The van der Waals surface area contributed by atoms with Crippen molar-refractivity contribution in [1.82, 2.24) is 0 Å². The van der Waals surface area contributed by atoms with Crippen LogP contribution in [0.3, 0.4) is 0 Å². The normalized spacial score (nSPS) is 16.0. The summed E-state index contributed by atoms with van der Waals surface area (Å²) < 4.78 is 2.54. The van der Waals surface area contributed by atoms with Gasteiger partial charge < -0.3 is 5.32 Å². The molecule has 46 heavy (non-hydrogen) atoms. The number of amidine groups is 1. The summed E-state index contributed by atoms with van der Waals surface area (Å²) in [7, 11) is 0. The summed E-state index contributed by atoms with van der Waals surface area (Å²) in [6.07, 6.45) is 6.83. The fraction of sp³-hybridized carbons (Fsp3) is 0.100. The number of nitrogens with one attached hydrogen (secondary N) is 2. The van der Waals surface area contributed by atoms with Gasteiger partial charge in [-0.3, -0.25) is 5.41 Å². The zero-order valence-corrected chi connectivity index (χ0v) is 26.2. The van der Waals surface area contributed by atoms with Gasteiger partial charge >= 0.3 is 0 Å². The third-order valence-electron chi connectivity index (χ3n) is 8.31. The molecule has 1 atom stereocenters. The predicted molar refractivity (Wildman–Crippen MR) is 192 cm³/mol. The number of nitrogens with zero attached hydrogens (tertiary/aromatic N) is 3. The van der Waals surface area contributed by atoms with E-state index in [0.29, 0.717) is 12.1 Å². The summed E-state index contributed by atoms with van der Waals surface area (Å²) in [5.41, 5.74) is 7.15. The molecule has 1 unspecified atom stereocenters. The summed E-state index contributed by atoms with van der Waals surface area (Å²) in [6.45, 7) is 2.56. The Kier molecular flexibility index (Phi) is 7.84. The smallest absolute Gasteiger partial charge is 0.173 e. The van der Waals surface area contributed by atoms with Crippen molar-refractivity contribution in [3.8, 4) is 28.3 Å². The van der Waals surface area contributed by atoms with Crippen LogP contribution in [-0.2, 0) is 6.54 Å². The molecule has 0 amide bonds. The van der Waals surface area contributed by atoms with Crippen molar-refractivity contribution in [2.75, 3.05) is 5.32 Å². The second-order valence-corrected chi connectivity index (χ2v) is 12.8. The van der Waals surface area contributed by atoms with Gasteiger partial charge in [0.1, 0.15) is 0 Å². The third kappa shape index (κ3) is 5.89. The van der Waals surface area contributed by atoms with Crippen molar-refractivity contribution in [1.29, 1.82) is 10.7 Å². The Bertz CT molecular complexity index is 2240. The van der Waals surface area contributed by atoms with Gasteiger partial charge in [-0.2, -0.15) is 10.4 Å². The number of fused-ring (bicyclic) bond motifs is 3. The largest absolute Gasteiger partial charge is 0.376 e. The van der Waals surface area contributed by atoms with E-state index in [1.807, 2.05) is 65.9 Å². The summed E-state index contributed by atoms with van der Waals surface area (Å²) in [6, 6.07) is 41.6. The molecule has 1 aliphatic carbocycles. The highest BCUT2D eigenvalue weighted by Gasteiger charge is 2.26. The molecule has 6 heteroatoms. The van der Waals surface area contributed by atoms with Crippen molar-refractivity contribution < 1.29 is 0 Å². The van der Waals surface area contributed by atoms with E-state index in [2.05, 4.69) is 107 Å². The first kappa shape index (κ1) is 29.1. The minimum absolute atomic E-state index is 0.133. The molecule has 0 spiro atoms. The minimum Gasteiger partial charge on any atom is -0.376 e. The summed E-state index contributed by atoms with van der Waals surface area (Å²) in [4.78, 5) is 0. The lowest BCUT2D eigenvalue weighted by molar-refractivity contribution is 0.638. The number of azo groups is 1. The molecule has 0 saturated carbocycles. The Morgan fingerprint density at radius 2 is 1.65 bits per heavy atom. The zero-order chi connectivity index (χ0) is 31.5. The quantitative estimate of drug-likeness (QED) is 0.107. The minimum atomic E-state index is -0.472. The van der Waals surface area contributed by atoms with E-state index >= 15 is 0 Å². The first-order valence-electron chi connectivity index (χ1n) is 15.2. The molecule has 0 aliphatic heterocycles. The van der Waals surface area contributed by atoms with Crippen LogP contribution < -0.4 is 5.32 Å². The van der Waals surface area contributed by atoms with Gasteiger partial charge in [0.15, 0.2) is 5.84 Å².